The lowest BCUT2D eigenvalue weighted by molar-refractivity contribution is -0.133. The minimum absolute atomic E-state index is 0.00629. The van der Waals surface area contributed by atoms with Crippen LogP contribution in [0.1, 0.15) is 52.0 Å². The molecule has 0 aliphatic heterocycles. The van der Waals surface area contributed by atoms with Gasteiger partial charge in [-0.3, -0.25) is 9.59 Å². The third-order valence-corrected chi connectivity index (χ3v) is 7.28. The largest absolute Gasteiger partial charge is 0.298 e. The zero-order valence-electron chi connectivity index (χ0n) is 16.5. The Morgan fingerprint density at radius 3 is 2.52 bits per heavy atom. The van der Waals surface area contributed by atoms with Crippen molar-refractivity contribution in [2.45, 2.75) is 46.5 Å². The van der Waals surface area contributed by atoms with Crippen molar-refractivity contribution in [3.8, 4) is 0 Å². The van der Waals surface area contributed by atoms with Gasteiger partial charge >= 0.3 is 0 Å². The van der Waals surface area contributed by atoms with E-state index in [1.807, 2.05) is 48.6 Å². The smallest absolute Gasteiger partial charge is 0.178 e. The molecule has 2 saturated carbocycles. The maximum Gasteiger partial charge on any atom is 0.178 e. The number of carbonyl (C=O) groups excluding carboxylic acids is 2. The van der Waals surface area contributed by atoms with Crippen LogP contribution in [-0.4, -0.2) is 11.6 Å². The molecular formula is C25H28O2. The topological polar surface area (TPSA) is 34.1 Å². The number of hydrogen-bond donors (Lipinski definition) is 0. The van der Waals surface area contributed by atoms with Crippen LogP contribution in [-0.2, 0) is 9.59 Å². The first-order valence-corrected chi connectivity index (χ1v) is 10.0. The Morgan fingerprint density at radius 1 is 1.04 bits per heavy atom. The predicted molar refractivity (Wildman–Crippen MR) is 109 cm³/mol. The third-order valence-electron chi connectivity index (χ3n) is 7.28. The van der Waals surface area contributed by atoms with Crippen LogP contribution in [0, 0.1) is 22.2 Å². The summed E-state index contributed by atoms with van der Waals surface area (Å²) in [6.07, 6.45) is 13.2. The number of Topliss-reactive ketones (excluding diaryl/α,β-unsaturated/α-hetero) is 1. The van der Waals surface area contributed by atoms with E-state index in [-0.39, 0.29) is 28.3 Å². The van der Waals surface area contributed by atoms with E-state index in [0.29, 0.717) is 6.42 Å². The van der Waals surface area contributed by atoms with Crippen LogP contribution in [0.15, 0.2) is 60.2 Å². The molecule has 0 spiro atoms. The highest BCUT2D eigenvalue weighted by Gasteiger charge is 2.59. The summed E-state index contributed by atoms with van der Waals surface area (Å²) >= 11 is 0. The van der Waals surface area contributed by atoms with Crippen LogP contribution in [0.2, 0.25) is 0 Å². The van der Waals surface area contributed by atoms with Gasteiger partial charge in [-0.2, -0.15) is 0 Å². The van der Waals surface area contributed by atoms with Crippen molar-refractivity contribution in [1.29, 1.82) is 0 Å². The van der Waals surface area contributed by atoms with E-state index in [1.54, 1.807) is 12.2 Å². The zero-order valence-corrected chi connectivity index (χ0v) is 16.5. The summed E-state index contributed by atoms with van der Waals surface area (Å²) in [5, 5.41) is 0. The second kappa shape index (κ2) is 6.15. The van der Waals surface area contributed by atoms with Gasteiger partial charge in [0.15, 0.2) is 11.6 Å². The normalized spacial score (nSPS) is 34.9. The lowest BCUT2D eigenvalue weighted by atomic mass is 9.44. The first-order valence-electron chi connectivity index (χ1n) is 10.0. The molecule has 1 aromatic carbocycles. The Balaban J connectivity index is 1.84. The molecule has 0 saturated heterocycles. The molecule has 2 nitrogen and oxygen atoms in total. The minimum Gasteiger partial charge on any atom is -0.298 e. The molecule has 0 unspecified atom stereocenters. The molecule has 27 heavy (non-hydrogen) atoms. The van der Waals surface area contributed by atoms with Gasteiger partial charge in [-0.15, -0.1) is 0 Å². The molecule has 2 fully saturated rings. The average molecular weight is 360 g/mol. The average Bonchev–Trinajstić information content (AvgIpc) is 2.64. The van der Waals surface area contributed by atoms with E-state index in [1.165, 1.54) is 0 Å². The molecule has 3 aliphatic rings. The maximum absolute atomic E-state index is 13.5. The molecule has 0 aromatic heterocycles. The predicted octanol–water partition coefficient (Wildman–Crippen LogP) is 5.56. The monoisotopic (exact) mass is 360 g/mol. The molecule has 0 N–H and O–H groups in total. The molecular weight excluding hydrogens is 332 g/mol. The van der Waals surface area contributed by atoms with Gasteiger partial charge in [0.25, 0.3) is 0 Å². The second-order valence-corrected chi connectivity index (χ2v) is 9.35. The van der Waals surface area contributed by atoms with E-state index in [9.17, 15) is 9.59 Å². The molecule has 0 radical (unpaired) electrons. The highest BCUT2D eigenvalue weighted by atomic mass is 16.1. The molecule has 2 heteroatoms. The number of benzene rings is 1. The van der Waals surface area contributed by atoms with Crippen molar-refractivity contribution in [1.82, 2.24) is 0 Å². The zero-order chi connectivity index (χ0) is 19.3. The molecule has 3 atom stereocenters. The van der Waals surface area contributed by atoms with Gasteiger partial charge in [0.1, 0.15) is 0 Å². The maximum atomic E-state index is 13.5. The highest BCUT2D eigenvalue weighted by molar-refractivity contribution is 6.06. The fraction of sp³-hybridized carbons (Fsp3) is 0.440. The fourth-order valence-corrected chi connectivity index (χ4v) is 5.82. The van der Waals surface area contributed by atoms with Gasteiger partial charge in [0.2, 0.25) is 0 Å². The standard InChI is InChI=1S/C25H28O2/c1-23(2)12-7-13-24(3)20(23)17-22(27)25(15-11-19(26)16-21(24)25)14-10-18-8-5-4-6-9-18/h4-6,8-11,14-16,20H,7,12-13,17H2,1-3H3/b14-10+/t20-,24-,25-/m1/s1. The number of allylic oxidation sites excluding steroid dienone is 5. The van der Waals surface area contributed by atoms with Crippen LogP contribution >= 0.6 is 0 Å². The van der Waals surface area contributed by atoms with Crippen molar-refractivity contribution in [2.24, 2.45) is 22.2 Å². The summed E-state index contributed by atoms with van der Waals surface area (Å²) in [6, 6.07) is 10.1. The molecule has 4 rings (SSSR count). The Bertz CT molecular complexity index is 871. The van der Waals surface area contributed by atoms with Crippen molar-refractivity contribution in [3.63, 3.8) is 0 Å². The van der Waals surface area contributed by atoms with Crippen LogP contribution < -0.4 is 0 Å². The molecule has 0 heterocycles. The number of hydrogen-bond acceptors (Lipinski definition) is 2. The van der Waals surface area contributed by atoms with E-state index < -0.39 is 5.41 Å². The first kappa shape index (κ1) is 18.2. The molecule has 0 bridgehead atoms. The molecule has 3 aliphatic carbocycles. The highest BCUT2D eigenvalue weighted by Crippen LogP contribution is 2.64. The summed E-state index contributed by atoms with van der Waals surface area (Å²) in [5.74, 6) is 0.518. The van der Waals surface area contributed by atoms with Crippen molar-refractivity contribution in [2.75, 3.05) is 0 Å². The SMILES string of the molecule is CC1(C)CCC[C@@]2(C)C3=CC(=O)C=C[C@@]3(/C=C/c3ccccc3)C(=O)C[C@H]12. The summed E-state index contributed by atoms with van der Waals surface area (Å²) in [6.45, 7) is 6.86. The fourth-order valence-electron chi connectivity index (χ4n) is 5.82. The summed E-state index contributed by atoms with van der Waals surface area (Å²) in [4.78, 5) is 25.8. The van der Waals surface area contributed by atoms with Crippen LogP contribution in [0.5, 0.6) is 0 Å². The number of rotatable bonds is 2. The van der Waals surface area contributed by atoms with E-state index in [0.717, 1.165) is 30.4 Å². The number of carbonyl (C=O) groups is 2. The van der Waals surface area contributed by atoms with Gasteiger partial charge in [-0.1, -0.05) is 75.8 Å². The second-order valence-electron chi connectivity index (χ2n) is 9.35. The Labute approximate surface area is 162 Å². The Kier molecular flexibility index (Phi) is 4.14. The molecule has 140 valence electrons. The lowest BCUT2D eigenvalue weighted by Crippen LogP contribution is -2.54. The van der Waals surface area contributed by atoms with Gasteiger partial charge in [0, 0.05) is 6.42 Å². The minimum atomic E-state index is -0.775. The molecule has 0 amide bonds. The van der Waals surface area contributed by atoms with Gasteiger partial charge in [-0.05, 0) is 52.9 Å². The van der Waals surface area contributed by atoms with Crippen molar-refractivity contribution >= 4 is 17.6 Å². The van der Waals surface area contributed by atoms with E-state index in [4.69, 9.17) is 0 Å². The van der Waals surface area contributed by atoms with E-state index >= 15 is 0 Å². The number of fused-ring (bicyclic) bond motifs is 3. The molecule has 1 aromatic rings. The summed E-state index contributed by atoms with van der Waals surface area (Å²) in [5.41, 5.74) is 1.31. The summed E-state index contributed by atoms with van der Waals surface area (Å²) < 4.78 is 0. The first-order chi connectivity index (χ1) is 12.8. The lowest BCUT2D eigenvalue weighted by Gasteiger charge is -2.58. The van der Waals surface area contributed by atoms with Crippen molar-refractivity contribution < 1.29 is 9.59 Å². The number of ketones is 2. The van der Waals surface area contributed by atoms with Crippen molar-refractivity contribution in [3.05, 3.63) is 65.8 Å². The van der Waals surface area contributed by atoms with Crippen LogP contribution in [0.25, 0.3) is 6.08 Å². The third kappa shape index (κ3) is 2.77. The van der Waals surface area contributed by atoms with Crippen LogP contribution in [0.3, 0.4) is 0 Å². The van der Waals surface area contributed by atoms with Gasteiger partial charge in [0.05, 0.1) is 5.41 Å². The Morgan fingerprint density at radius 2 is 1.78 bits per heavy atom. The van der Waals surface area contributed by atoms with Gasteiger partial charge < -0.3 is 0 Å². The van der Waals surface area contributed by atoms with Gasteiger partial charge in [-0.25, -0.2) is 0 Å². The summed E-state index contributed by atoms with van der Waals surface area (Å²) in [7, 11) is 0. The van der Waals surface area contributed by atoms with Crippen LogP contribution in [0.4, 0.5) is 0 Å². The Hall–Kier alpha value is -2.22. The van der Waals surface area contributed by atoms with E-state index in [2.05, 4.69) is 20.8 Å². The quantitative estimate of drug-likeness (QED) is 0.692.